The molecule has 0 atom stereocenters. The number of rotatable bonds is 8. The van der Waals surface area contributed by atoms with Gasteiger partial charge >= 0.3 is 0 Å². The first-order valence-electron chi connectivity index (χ1n) is 7.48. The topological polar surface area (TPSA) is 49.3 Å². The van der Waals surface area contributed by atoms with Gasteiger partial charge in [-0.15, -0.1) is 10.2 Å². The van der Waals surface area contributed by atoms with Crippen LogP contribution >= 0.6 is 11.6 Å². The zero-order valence-electron chi connectivity index (χ0n) is 13.3. The number of hydrogen-bond donors (Lipinski definition) is 0. The van der Waals surface area contributed by atoms with Gasteiger partial charge in [0.25, 0.3) is 5.91 Å². The third-order valence-corrected chi connectivity index (χ3v) is 3.51. The van der Waals surface area contributed by atoms with Crippen LogP contribution in [0.1, 0.15) is 38.2 Å². The Kier molecular flexibility index (Phi) is 7.61. The second kappa shape index (κ2) is 8.95. The van der Waals surface area contributed by atoms with Gasteiger partial charge in [0.05, 0.1) is 0 Å². The quantitative estimate of drug-likeness (QED) is 0.740. The normalized spacial score (nSPS) is 11.2. The van der Waals surface area contributed by atoms with Gasteiger partial charge in [-0.25, -0.2) is 0 Å². The summed E-state index contributed by atoms with van der Waals surface area (Å²) in [5.41, 5.74) is 0.347. The molecule has 1 rings (SSSR count). The van der Waals surface area contributed by atoms with Gasteiger partial charge in [0.2, 0.25) is 0 Å². The van der Waals surface area contributed by atoms with Crippen molar-refractivity contribution in [1.29, 1.82) is 0 Å². The Balaban J connectivity index is 2.76. The van der Waals surface area contributed by atoms with E-state index in [-0.39, 0.29) is 5.91 Å². The molecule has 118 valence electrons. The molecule has 0 aliphatic rings. The third-order valence-electron chi connectivity index (χ3n) is 3.30. The SMILES string of the molecule is CCN(CC)CCN(CC(C)C)C(=O)c1ccc(Cl)nn1. The van der Waals surface area contributed by atoms with Gasteiger partial charge in [-0.2, -0.15) is 0 Å². The molecular weight excluding hydrogens is 288 g/mol. The molecule has 0 saturated carbocycles. The fourth-order valence-corrected chi connectivity index (χ4v) is 2.21. The molecule has 0 aliphatic heterocycles. The van der Waals surface area contributed by atoms with Crippen LogP contribution in [-0.2, 0) is 0 Å². The van der Waals surface area contributed by atoms with Gasteiger partial charge in [0, 0.05) is 19.6 Å². The van der Waals surface area contributed by atoms with Crippen LogP contribution in [0.5, 0.6) is 0 Å². The Morgan fingerprint density at radius 3 is 2.33 bits per heavy atom. The standard InChI is InChI=1S/C15H25ClN4O/c1-5-19(6-2)9-10-20(11-12(3)4)15(21)13-7-8-14(16)18-17-13/h7-8,12H,5-6,9-11H2,1-4H3. The van der Waals surface area contributed by atoms with Crippen LogP contribution in [0.15, 0.2) is 12.1 Å². The molecule has 1 aromatic rings. The Bertz CT molecular complexity index is 432. The summed E-state index contributed by atoms with van der Waals surface area (Å²) in [6.07, 6.45) is 0. The molecule has 0 N–H and O–H groups in total. The predicted octanol–water partition coefficient (Wildman–Crippen LogP) is 2.57. The number of hydrogen-bond acceptors (Lipinski definition) is 4. The van der Waals surface area contributed by atoms with Crippen molar-refractivity contribution in [1.82, 2.24) is 20.0 Å². The van der Waals surface area contributed by atoms with Crippen LogP contribution in [0.25, 0.3) is 0 Å². The van der Waals surface area contributed by atoms with E-state index in [1.165, 1.54) is 0 Å². The van der Waals surface area contributed by atoms with Crippen LogP contribution in [-0.4, -0.2) is 58.6 Å². The highest BCUT2D eigenvalue weighted by Crippen LogP contribution is 2.08. The number of amides is 1. The first-order valence-corrected chi connectivity index (χ1v) is 7.86. The highest BCUT2D eigenvalue weighted by Gasteiger charge is 2.19. The van der Waals surface area contributed by atoms with Gasteiger partial charge in [0.15, 0.2) is 10.8 Å². The first kappa shape index (κ1) is 17.9. The maximum Gasteiger partial charge on any atom is 0.274 e. The van der Waals surface area contributed by atoms with Gasteiger partial charge < -0.3 is 9.80 Å². The Morgan fingerprint density at radius 2 is 1.86 bits per heavy atom. The summed E-state index contributed by atoms with van der Waals surface area (Å²) < 4.78 is 0. The van der Waals surface area contributed by atoms with E-state index in [1.807, 2.05) is 4.90 Å². The van der Waals surface area contributed by atoms with Crippen molar-refractivity contribution in [2.45, 2.75) is 27.7 Å². The number of carbonyl (C=O) groups is 1. The van der Waals surface area contributed by atoms with Crippen LogP contribution < -0.4 is 0 Å². The molecule has 0 spiro atoms. The number of halogens is 1. The molecule has 0 fully saturated rings. The summed E-state index contributed by atoms with van der Waals surface area (Å²) in [6, 6.07) is 3.22. The van der Waals surface area contributed by atoms with E-state index in [4.69, 9.17) is 11.6 Å². The summed E-state index contributed by atoms with van der Waals surface area (Å²) in [5.74, 6) is 0.325. The van der Waals surface area contributed by atoms with E-state index in [0.717, 1.165) is 19.6 Å². The highest BCUT2D eigenvalue weighted by atomic mass is 35.5. The van der Waals surface area contributed by atoms with Crippen molar-refractivity contribution < 1.29 is 4.79 Å². The molecule has 1 heterocycles. The zero-order valence-corrected chi connectivity index (χ0v) is 14.1. The summed E-state index contributed by atoms with van der Waals surface area (Å²) in [6.45, 7) is 12.7. The van der Waals surface area contributed by atoms with Crippen LogP contribution in [0, 0.1) is 5.92 Å². The van der Waals surface area contributed by atoms with E-state index >= 15 is 0 Å². The summed E-state index contributed by atoms with van der Waals surface area (Å²) in [5, 5.41) is 7.93. The van der Waals surface area contributed by atoms with E-state index < -0.39 is 0 Å². The summed E-state index contributed by atoms with van der Waals surface area (Å²) in [7, 11) is 0. The van der Waals surface area contributed by atoms with Crippen LogP contribution in [0.3, 0.4) is 0 Å². The number of likely N-dealkylation sites (N-methyl/N-ethyl adjacent to an activating group) is 1. The minimum Gasteiger partial charge on any atom is -0.336 e. The maximum atomic E-state index is 12.5. The van der Waals surface area contributed by atoms with Crippen molar-refractivity contribution in [3.05, 3.63) is 23.0 Å². The van der Waals surface area contributed by atoms with Crippen molar-refractivity contribution in [2.75, 3.05) is 32.7 Å². The van der Waals surface area contributed by atoms with E-state index in [9.17, 15) is 4.79 Å². The average molecular weight is 313 g/mol. The predicted molar refractivity (Wildman–Crippen MR) is 85.6 cm³/mol. The Morgan fingerprint density at radius 1 is 1.19 bits per heavy atom. The number of aromatic nitrogens is 2. The third kappa shape index (κ3) is 5.98. The van der Waals surface area contributed by atoms with Crippen LogP contribution in [0.4, 0.5) is 0 Å². The van der Waals surface area contributed by atoms with E-state index in [2.05, 4.69) is 42.8 Å². The molecule has 21 heavy (non-hydrogen) atoms. The van der Waals surface area contributed by atoms with Gasteiger partial charge in [-0.1, -0.05) is 39.3 Å². The second-order valence-corrected chi connectivity index (χ2v) is 5.80. The molecule has 0 aromatic carbocycles. The number of nitrogens with zero attached hydrogens (tertiary/aromatic N) is 4. The van der Waals surface area contributed by atoms with E-state index in [1.54, 1.807) is 12.1 Å². The zero-order chi connectivity index (χ0) is 15.8. The summed E-state index contributed by atoms with van der Waals surface area (Å²) >= 11 is 5.72. The monoisotopic (exact) mass is 312 g/mol. The fraction of sp³-hybridized carbons (Fsp3) is 0.667. The lowest BCUT2D eigenvalue weighted by molar-refractivity contribution is 0.0709. The lowest BCUT2D eigenvalue weighted by Gasteiger charge is -2.27. The van der Waals surface area contributed by atoms with Crippen molar-refractivity contribution in [3.63, 3.8) is 0 Å². The van der Waals surface area contributed by atoms with Gasteiger partial charge in [-0.05, 0) is 31.1 Å². The van der Waals surface area contributed by atoms with Gasteiger partial charge in [-0.3, -0.25) is 4.79 Å². The molecule has 0 saturated heterocycles. The van der Waals surface area contributed by atoms with E-state index in [0.29, 0.717) is 29.9 Å². The minimum absolute atomic E-state index is 0.0833. The Labute approximate surface area is 132 Å². The summed E-state index contributed by atoms with van der Waals surface area (Å²) in [4.78, 5) is 16.7. The molecule has 0 aliphatic carbocycles. The molecule has 0 radical (unpaired) electrons. The average Bonchev–Trinajstić information content (AvgIpc) is 2.46. The van der Waals surface area contributed by atoms with Crippen molar-refractivity contribution in [3.8, 4) is 0 Å². The number of carbonyl (C=O) groups excluding carboxylic acids is 1. The van der Waals surface area contributed by atoms with Crippen LogP contribution in [0.2, 0.25) is 5.15 Å². The molecule has 6 heteroatoms. The highest BCUT2D eigenvalue weighted by molar-refractivity contribution is 6.29. The molecule has 0 unspecified atom stereocenters. The fourth-order valence-electron chi connectivity index (χ4n) is 2.11. The molecule has 1 aromatic heterocycles. The maximum absolute atomic E-state index is 12.5. The molecular formula is C15H25ClN4O. The van der Waals surface area contributed by atoms with Crippen molar-refractivity contribution in [2.24, 2.45) is 5.92 Å². The molecule has 5 nitrogen and oxygen atoms in total. The largest absolute Gasteiger partial charge is 0.336 e. The molecule has 1 amide bonds. The smallest absolute Gasteiger partial charge is 0.274 e. The Hall–Kier alpha value is -1.20. The first-order chi connectivity index (χ1) is 9.97. The lowest BCUT2D eigenvalue weighted by atomic mass is 10.2. The second-order valence-electron chi connectivity index (χ2n) is 5.41. The molecule has 0 bridgehead atoms. The van der Waals surface area contributed by atoms with Crippen molar-refractivity contribution >= 4 is 17.5 Å². The van der Waals surface area contributed by atoms with Gasteiger partial charge in [0.1, 0.15) is 0 Å². The minimum atomic E-state index is -0.0833. The lowest BCUT2D eigenvalue weighted by Crippen LogP contribution is -2.41.